The first kappa shape index (κ1) is 52.7. The highest BCUT2D eigenvalue weighted by atomic mass is 16.5. The van der Waals surface area contributed by atoms with Gasteiger partial charge < -0.3 is 60.0 Å². The zero-order chi connectivity index (χ0) is 54.8. The molecule has 0 aliphatic carbocycles. The van der Waals surface area contributed by atoms with E-state index in [1.807, 2.05) is 48.5 Å². The molecule has 0 radical (unpaired) electrons. The van der Waals surface area contributed by atoms with Crippen LogP contribution in [0.15, 0.2) is 97.3 Å². The number of aromatic amines is 2. The minimum absolute atomic E-state index is 0.282. The number of carbonyl (C=O) groups is 6. The summed E-state index contributed by atoms with van der Waals surface area (Å²) in [6, 6.07) is 21.6. The Morgan fingerprint density at radius 2 is 0.974 bits per heavy atom. The molecule has 0 spiro atoms. The van der Waals surface area contributed by atoms with Crippen LogP contribution in [0.5, 0.6) is 11.5 Å². The molecule has 20 heteroatoms. The number of aromatic nitrogens is 4. The number of hydrogen-bond donors (Lipinski definition) is 6. The van der Waals surface area contributed by atoms with Crippen molar-refractivity contribution in [3.05, 3.63) is 131 Å². The Balaban J connectivity index is 0.857. The van der Waals surface area contributed by atoms with E-state index in [-0.39, 0.29) is 48.9 Å². The van der Waals surface area contributed by atoms with Gasteiger partial charge in [-0.3, -0.25) is 19.2 Å². The van der Waals surface area contributed by atoms with Crippen LogP contribution in [0.25, 0.3) is 33.6 Å². The summed E-state index contributed by atoms with van der Waals surface area (Å²) >= 11 is 0. The fourth-order valence-corrected chi connectivity index (χ4v) is 11.0. The van der Waals surface area contributed by atoms with Gasteiger partial charge in [-0.05, 0) is 72.9 Å². The number of methoxy groups -OCH3 is 2. The van der Waals surface area contributed by atoms with Crippen LogP contribution in [-0.4, -0.2) is 105 Å². The molecule has 6 aromatic rings. The zero-order valence-corrected chi connectivity index (χ0v) is 44.4. The van der Waals surface area contributed by atoms with E-state index >= 15 is 0 Å². The van der Waals surface area contributed by atoms with Crippen LogP contribution in [0.2, 0.25) is 0 Å². The standard InChI is InChI=1S/C58H64N10O10/c1-31(2)47(65-57(73)75-5)53(69)63-49(33-15-9-7-10-16-33)55(71)67-21-13-19-41(67)51-59-27-39(61-51)35-23-37-29-78-44-26-36(24-38-30-77-43(25-35)45(37)46(38)44)40-28-60-52(62-40)42-20-14-22-68(42)56(72)50(34-17-11-8-12-18-34)64-54(70)48(32(3)4)66-58(74)76-6/h7-12,15-18,23-28,31-32,41-42,47-50H,13-14,19-22,29-30H2,1-6H3,(H,59,61)(H,60,62)(H,63,69)(H,64,70)(H,65,73)(H,66,74)/t41-,42-,47-,48?,49+,50+/m0/s1. The molecule has 2 fully saturated rings. The van der Waals surface area contributed by atoms with Gasteiger partial charge in [-0.1, -0.05) is 88.4 Å². The highest BCUT2D eigenvalue weighted by Crippen LogP contribution is 2.51. The van der Waals surface area contributed by atoms with Crippen LogP contribution in [0.1, 0.15) is 111 Å². The smallest absolute Gasteiger partial charge is 0.407 e. The molecule has 78 heavy (non-hydrogen) atoms. The van der Waals surface area contributed by atoms with E-state index in [4.69, 9.17) is 28.9 Å². The summed E-state index contributed by atoms with van der Waals surface area (Å²) in [5.41, 5.74) is 8.20. The largest absolute Gasteiger partial charge is 0.488 e. The number of hydrogen-bond acceptors (Lipinski definition) is 12. The molecule has 2 aromatic heterocycles. The van der Waals surface area contributed by atoms with Gasteiger partial charge in [0, 0.05) is 46.5 Å². The van der Waals surface area contributed by atoms with Crippen molar-refractivity contribution in [3.63, 3.8) is 0 Å². The normalized spacial score (nSPS) is 17.7. The van der Waals surface area contributed by atoms with Crippen LogP contribution in [-0.2, 0) is 41.9 Å². The van der Waals surface area contributed by atoms with Crippen LogP contribution < -0.4 is 30.7 Å². The molecule has 6 atom stereocenters. The van der Waals surface area contributed by atoms with E-state index < -0.39 is 48.2 Å². The van der Waals surface area contributed by atoms with Gasteiger partial charge in [0.15, 0.2) is 0 Å². The van der Waals surface area contributed by atoms with Crippen LogP contribution in [0.4, 0.5) is 9.59 Å². The van der Waals surface area contributed by atoms with Gasteiger partial charge in [0.1, 0.15) is 60.5 Å². The maximum absolute atomic E-state index is 14.6. The SMILES string of the molecule is COC(=O)NC(C(=O)N[C@@H](C(=O)N1CCC[C@H]1c1ncc(-c2cc3c4c(c2)OCc2cc(-c5cnc([C@@H]6CCCN6C(=O)[C@H](NC(=O)[C@@H](NC(=O)OC)C(C)C)c6ccccc6)[nH]5)cc(c2-4)OC3)[nH]1)c1ccccc1)C(C)C. The van der Waals surface area contributed by atoms with Crippen molar-refractivity contribution in [1.82, 2.24) is 51.0 Å². The first-order valence-corrected chi connectivity index (χ1v) is 26.4. The number of alkyl carbamates (subject to hydrolysis) is 2. The van der Waals surface area contributed by atoms with E-state index in [9.17, 15) is 28.8 Å². The summed E-state index contributed by atoms with van der Waals surface area (Å²) in [5.74, 6) is 0.496. The van der Waals surface area contributed by atoms with Crippen molar-refractivity contribution in [2.75, 3.05) is 27.3 Å². The van der Waals surface area contributed by atoms with Gasteiger partial charge >= 0.3 is 12.2 Å². The quantitative estimate of drug-likeness (QED) is 0.0545. The fraction of sp³-hybridized carbons (Fsp3) is 0.379. The first-order chi connectivity index (χ1) is 37.7. The Labute approximate surface area is 451 Å². The average molecular weight is 1060 g/mol. The van der Waals surface area contributed by atoms with E-state index in [0.717, 1.165) is 57.6 Å². The number of nitrogens with one attached hydrogen (secondary N) is 6. The molecule has 2 saturated heterocycles. The number of H-pyrrole nitrogens is 2. The molecular weight excluding hydrogens is 997 g/mol. The predicted octanol–water partition coefficient (Wildman–Crippen LogP) is 7.72. The fourth-order valence-electron chi connectivity index (χ4n) is 11.0. The summed E-state index contributed by atoms with van der Waals surface area (Å²) in [4.78, 5) is 101. The predicted molar refractivity (Wildman–Crippen MR) is 286 cm³/mol. The molecule has 406 valence electrons. The molecular formula is C58H64N10O10. The minimum atomic E-state index is -1.02. The lowest BCUT2D eigenvalue weighted by Gasteiger charge is -2.30. The number of likely N-dealkylation sites (tertiary alicyclic amines) is 2. The first-order valence-electron chi connectivity index (χ1n) is 26.4. The summed E-state index contributed by atoms with van der Waals surface area (Å²) < 4.78 is 22.6. The number of ether oxygens (including phenoxy) is 4. The van der Waals surface area contributed by atoms with Crippen molar-refractivity contribution in [1.29, 1.82) is 0 Å². The Kier molecular flexibility index (Phi) is 15.2. The van der Waals surface area contributed by atoms with Gasteiger partial charge in [0.05, 0.1) is 50.1 Å². The molecule has 6 N–H and O–H groups in total. The summed E-state index contributed by atoms with van der Waals surface area (Å²) in [6.45, 7) is 8.70. The van der Waals surface area contributed by atoms with Gasteiger partial charge in [-0.25, -0.2) is 19.6 Å². The van der Waals surface area contributed by atoms with Crippen molar-refractivity contribution < 1.29 is 47.7 Å². The zero-order valence-electron chi connectivity index (χ0n) is 44.4. The summed E-state index contributed by atoms with van der Waals surface area (Å²) in [7, 11) is 2.46. The van der Waals surface area contributed by atoms with Crippen LogP contribution in [0.3, 0.4) is 0 Å². The van der Waals surface area contributed by atoms with Crippen molar-refractivity contribution >= 4 is 35.8 Å². The lowest BCUT2D eigenvalue weighted by atomic mass is 9.87. The van der Waals surface area contributed by atoms with Crippen LogP contribution >= 0.6 is 0 Å². The Hall–Kier alpha value is -8.68. The van der Waals surface area contributed by atoms with Crippen molar-refractivity contribution in [3.8, 4) is 45.1 Å². The second-order valence-corrected chi connectivity index (χ2v) is 20.8. The third-order valence-corrected chi connectivity index (χ3v) is 15.0. The van der Waals surface area contributed by atoms with Gasteiger partial charge in [0.2, 0.25) is 23.6 Å². The topological polar surface area (TPSA) is 251 Å². The molecule has 0 saturated carbocycles. The summed E-state index contributed by atoms with van der Waals surface area (Å²) in [5, 5.41) is 11.1. The Bertz CT molecular complexity index is 2970. The maximum atomic E-state index is 14.6. The third-order valence-electron chi connectivity index (χ3n) is 15.0. The number of benzene rings is 4. The molecule has 4 aliphatic heterocycles. The van der Waals surface area contributed by atoms with Crippen molar-refractivity contribution in [2.45, 2.75) is 103 Å². The van der Waals surface area contributed by atoms with Gasteiger partial charge in [-0.2, -0.15) is 0 Å². The molecule has 20 nitrogen and oxygen atoms in total. The molecule has 4 aliphatic rings. The number of amides is 6. The molecule has 6 heterocycles. The van der Waals surface area contributed by atoms with E-state index in [1.165, 1.54) is 14.2 Å². The lowest BCUT2D eigenvalue weighted by Crippen LogP contribution is -2.52. The number of imidazole rings is 2. The number of nitrogens with zero attached hydrogens (tertiary/aromatic N) is 4. The second kappa shape index (κ2) is 22.5. The van der Waals surface area contributed by atoms with E-state index in [0.29, 0.717) is 60.2 Å². The van der Waals surface area contributed by atoms with E-state index in [2.05, 4.69) is 43.4 Å². The van der Waals surface area contributed by atoms with E-state index in [1.54, 1.807) is 74.2 Å². The summed E-state index contributed by atoms with van der Waals surface area (Å²) in [6.07, 6.45) is 4.83. The molecule has 4 aromatic carbocycles. The van der Waals surface area contributed by atoms with Gasteiger partial charge in [0.25, 0.3) is 0 Å². The second-order valence-electron chi connectivity index (χ2n) is 20.8. The maximum Gasteiger partial charge on any atom is 0.407 e. The minimum Gasteiger partial charge on any atom is -0.488 e. The van der Waals surface area contributed by atoms with Crippen LogP contribution in [0, 0.1) is 11.8 Å². The lowest BCUT2D eigenvalue weighted by molar-refractivity contribution is -0.138. The molecule has 0 bridgehead atoms. The number of carbonyl (C=O) groups excluding carboxylic acids is 6. The highest BCUT2D eigenvalue weighted by molar-refractivity contribution is 5.94. The Morgan fingerprint density at radius 1 is 0.577 bits per heavy atom. The van der Waals surface area contributed by atoms with Crippen molar-refractivity contribution in [2.24, 2.45) is 11.8 Å². The van der Waals surface area contributed by atoms with Gasteiger partial charge in [-0.15, -0.1) is 0 Å². The number of rotatable bonds is 16. The molecule has 1 unspecified atom stereocenters. The molecule has 6 amide bonds. The Morgan fingerprint density at radius 3 is 1.35 bits per heavy atom. The monoisotopic (exact) mass is 1060 g/mol. The average Bonchev–Trinajstić information content (AvgIpc) is 4.41. The third kappa shape index (κ3) is 10.6. The highest BCUT2D eigenvalue weighted by Gasteiger charge is 2.41. The molecule has 10 rings (SSSR count).